The van der Waals surface area contributed by atoms with Gasteiger partial charge in [-0.2, -0.15) is 0 Å². The number of nitrogens with two attached hydrogens (primary N) is 1. The van der Waals surface area contributed by atoms with Crippen LogP contribution in [0.25, 0.3) is 0 Å². The van der Waals surface area contributed by atoms with Crippen molar-refractivity contribution in [3.05, 3.63) is 28.2 Å². The molecule has 1 atom stereocenters. The van der Waals surface area contributed by atoms with E-state index in [1.807, 2.05) is 17.0 Å². The number of hydrogen-bond acceptors (Lipinski definition) is 5. The molecule has 0 aliphatic carbocycles. The molecule has 8 heteroatoms. The van der Waals surface area contributed by atoms with Gasteiger partial charge in [0.2, 0.25) is 5.91 Å². The van der Waals surface area contributed by atoms with Crippen LogP contribution in [0.15, 0.2) is 18.2 Å². The number of amides is 1. The van der Waals surface area contributed by atoms with E-state index < -0.39 is 0 Å². The van der Waals surface area contributed by atoms with E-state index in [0.29, 0.717) is 10.0 Å². The quantitative estimate of drug-likeness (QED) is 0.673. The molecule has 3 rings (SSSR count). The van der Waals surface area contributed by atoms with Crippen LogP contribution in [0.4, 0.5) is 5.69 Å². The smallest absolute Gasteiger partial charge is 0.240 e. The standard InChI is InChI=1S/C19H28Cl2N4OS/c20-15-11-16(21)13-17(12-15)24-7-5-23(6-8-24)4-2-1-3-18(22)19(26)25-9-10-27-14-25/h11-13,18H,1-10,14,22H2/t18-/m0/s1. The van der Waals surface area contributed by atoms with E-state index in [0.717, 1.165) is 75.8 Å². The lowest BCUT2D eigenvalue weighted by Gasteiger charge is -2.36. The molecule has 0 bridgehead atoms. The number of anilines is 1. The molecule has 2 fully saturated rings. The Morgan fingerprint density at radius 3 is 2.41 bits per heavy atom. The fourth-order valence-corrected chi connectivity index (χ4v) is 5.07. The van der Waals surface area contributed by atoms with Gasteiger partial charge in [-0.25, -0.2) is 0 Å². The van der Waals surface area contributed by atoms with Gasteiger partial charge in [0.15, 0.2) is 0 Å². The zero-order valence-corrected chi connectivity index (χ0v) is 17.9. The normalized spacial score (nSPS) is 19.5. The summed E-state index contributed by atoms with van der Waals surface area (Å²) in [6, 6.07) is 5.37. The molecule has 1 aromatic rings. The third-order valence-electron chi connectivity index (χ3n) is 5.21. The predicted molar refractivity (Wildman–Crippen MR) is 116 cm³/mol. The number of halogens is 2. The van der Waals surface area contributed by atoms with Crippen LogP contribution in [0, 0.1) is 0 Å². The summed E-state index contributed by atoms with van der Waals surface area (Å²) in [5.41, 5.74) is 7.18. The Balaban J connectivity index is 1.33. The maximum absolute atomic E-state index is 12.2. The first kappa shape index (κ1) is 21.1. The summed E-state index contributed by atoms with van der Waals surface area (Å²) in [6.07, 6.45) is 2.86. The lowest BCUT2D eigenvalue weighted by Crippen LogP contribution is -2.46. The van der Waals surface area contributed by atoms with E-state index in [9.17, 15) is 4.79 Å². The van der Waals surface area contributed by atoms with Crippen LogP contribution >= 0.6 is 35.0 Å². The fourth-order valence-electron chi connectivity index (χ4n) is 3.60. The van der Waals surface area contributed by atoms with Gasteiger partial charge in [-0.15, -0.1) is 11.8 Å². The maximum Gasteiger partial charge on any atom is 0.240 e. The van der Waals surface area contributed by atoms with Gasteiger partial charge in [-0.1, -0.05) is 29.6 Å². The first-order chi connectivity index (χ1) is 13.0. The monoisotopic (exact) mass is 430 g/mol. The van der Waals surface area contributed by atoms with Gasteiger partial charge < -0.3 is 15.5 Å². The highest BCUT2D eigenvalue weighted by Crippen LogP contribution is 2.26. The minimum Gasteiger partial charge on any atom is -0.369 e. The molecule has 150 valence electrons. The number of piperazine rings is 1. The Morgan fingerprint density at radius 2 is 1.78 bits per heavy atom. The summed E-state index contributed by atoms with van der Waals surface area (Å²) < 4.78 is 0. The molecule has 0 unspecified atom stereocenters. The maximum atomic E-state index is 12.2. The Morgan fingerprint density at radius 1 is 1.07 bits per heavy atom. The van der Waals surface area contributed by atoms with Gasteiger partial charge in [0.05, 0.1) is 11.9 Å². The van der Waals surface area contributed by atoms with E-state index >= 15 is 0 Å². The molecule has 27 heavy (non-hydrogen) atoms. The zero-order valence-electron chi connectivity index (χ0n) is 15.6. The van der Waals surface area contributed by atoms with Crippen LogP contribution < -0.4 is 10.6 Å². The summed E-state index contributed by atoms with van der Waals surface area (Å²) in [7, 11) is 0. The second-order valence-electron chi connectivity index (χ2n) is 7.20. The minimum atomic E-state index is -0.340. The Hall–Kier alpha value is -0.660. The van der Waals surface area contributed by atoms with Crippen LogP contribution in [-0.4, -0.2) is 72.6 Å². The van der Waals surface area contributed by atoms with Crippen LogP contribution in [0.2, 0.25) is 10.0 Å². The summed E-state index contributed by atoms with van der Waals surface area (Å²) in [4.78, 5) is 18.9. The molecule has 0 spiro atoms. The number of nitrogens with zero attached hydrogens (tertiary/aromatic N) is 3. The highest BCUT2D eigenvalue weighted by molar-refractivity contribution is 7.99. The lowest BCUT2D eigenvalue weighted by molar-refractivity contribution is -0.131. The van der Waals surface area contributed by atoms with Crippen LogP contribution in [0.5, 0.6) is 0 Å². The Kier molecular flexibility index (Phi) is 7.97. The summed E-state index contributed by atoms with van der Waals surface area (Å²) in [5, 5.41) is 1.36. The van der Waals surface area contributed by atoms with Crippen LogP contribution in [0.1, 0.15) is 19.3 Å². The molecule has 1 amide bonds. The van der Waals surface area contributed by atoms with Gasteiger partial charge in [-0.3, -0.25) is 9.69 Å². The van der Waals surface area contributed by atoms with Crippen molar-refractivity contribution < 1.29 is 4.79 Å². The molecule has 5 nitrogen and oxygen atoms in total. The third-order valence-corrected chi connectivity index (χ3v) is 6.61. The van der Waals surface area contributed by atoms with Crippen molar-refractivity contribution in [2.75, 3.05) is 55.8 Å². The second kappa shape index (κ2) is 10.2. The molecule has 0 aromatic heterocycles. The molecule has 2 aliphatic heterocycles. The lowest BCUT2D eigenvalue weighted by atomic mass is 10.1. The van der Waals surface area contributed by atoms with Crippen molar-refractivity contribution >= 4 is 46.6 Å². The number of benzene rings is 1. The average Bonchev–Trinajstić information content (AvgIpc) is 3.19. The van der Waals surface area contributed by atoms with Gasteiger partial charge in [0.1, 0.15) is 0 Å². The largest absolute Gasteiger partial charge is 0.369 e. The summed E-state index contributed by atoms with van der Waals surface area (Å²) >= 11 is 14.0. The molecule has 0 radical (unpaired) electrons. The molecule has 1 aromatic carbocycles. The van der Waals surface area contributed by atoms with Crippen molar-refractivity contribution in [1.29, 1.82) is 0 Å². The average molecular weight is 431 g/mol. The first-order valence-electron chi connectivity index (χ1n) is 9.58. The highest BCUT2D eigenvalue weighted by Gasteiger charge is 2.23. The summed E-state index contributed by atoms with van der Waals surface area (Å²) in [6.45, 7) is 5.91. The van der Waals surface area contributed by atoms with Crippen molar-refractivity contribution in [3.63, 3.8) is 0 Å². The fraction of sp³-hybridized carbons (Fsp3) is 0.632. The van der Waals surface area contributed by atoms with Gasteiger partial charge >= 0.3 is 0 Å². The number of carbonyl (C=O) groups excluding carboxylic acids is 1. The predicted octanol–water partition coefficient (Wildman–Crippen LogP) is 3.15. The second-order valence-corrected chi connectivity index (χ2v) is 9.15. The number of unbranched alkanes of at least 4 members (excludes halogenated alkanes) is 1. The summed E-state index contributed by atoms with van der Waals surface area (Å²) in [5.74, 6) is 1.95. The van der Waals surface area contributed by atoms with Crippen LogP contribution in [-0.2, 0) is 4.79 Å². The van der Waals surface area contributed by atoms with Crippen molar-refractivity contribution in [2.45, 2.75) is 25.3 Å². The van der Waals surface area contributed by atoms with Gasteiger partial charge in [-0.05, 0) is 37.6 Å². The number of rotatable bonds is 7. The molecule has 2 heterocycles. The number of thioether (sulfide) groups is 1. The van der Waals surface area contributed by atoms with E-state index in [1.54, 1.807) is 17.8 Å². The van der Waals surface area contributed by atoms with E-state index in [4.69, 9.17) is 28.9 Å². The minimum absolute atomic E-state index is 0.119. The molecule has 2 aliphatic rings. The first-order valence-corrected chi connectivity index (χ1v) is 11.5. The molecule has 2 saturated heterocycles. The van der Waals surface area contributed by atoms with Gasteiger partial charge in [0, 0.05) is 54.2 Å². The number of carbonyl (C=O) groups is 1. The highest BCUT2D eigenvalue weighted by atomic mass is 35.5. The Labute approximate surface area is 176 Å². The van der Waals surface area contributed by atoms with E-state index in [1.165, 1.54) is 0 Å². The number of hydrogen-bond donors (Lipinski definition) is 1. The zero-order chi connectivity index (χ0) is 19.2. The molecule has 2 N–H and O–H groups in total. The van der Waals surface area contributed by atoms with Crippen molar-refractivity contribution in [2.24, 2.45) is 5.73 Å². The third kappa shape index (κ3) is 6.16. The van der Waals surface area contributed by atoms with E-state index in [2.05, 4.69) is 9.80 Å². The SMILES string of the molecule is N[C@@H](CCCCN1CCN(c2cc(Cl)cc(Cl)c2)CC1)C(=O)N1CCSC1. The van der Waals surface area contributed by atoms with Crippen molar-refractivity contribution in [3.8, 4) is 0 Å². The van der Waals surface area contributed by atoms with Gasteiger partial charge in [0.25, 0.3) is 0 Å². The molecular formula is C19H28Cl2N4OS. The molecular weight excluding hydrogens is 403 g/mol. The van der Waals surface area contributed by atoms with E-state index in [-0.39, 0.29) is 11.9 Å². The Bertz CT molecular complexity index is 614. The molecule has 0 saturated carbocycles. The van der Waals surface area contributed by atoms with Crippen LogP contribution in [0.3, 0.4) is 0 Å². The van der Waals surface area contributed by atoms with Crippen molar-refractivity contribution in [1.82, 2.24) is 9.80 Å². The topological polar surface area (TPSA) is 52.8 Å².